The van der Waals surface area contributed by atoms with Crippen LogP contribution in [0, 0.1) is 23.2 Å². The van der Waals surface area contributed by atoms with Crippen LogP contribution in [0.2, 0.25) is 0 Å². The summed E-state index contributed by atoms with van der Waals surface area (Å²) in [6.07, 6.45) is 8.24. The molecule has 1 aromatic rings. The second kappa shape index (κ2) is 5.46. The summed E-state index contributed by atoms with van der Waals surface area (Å²) >= 11 is 0. The molecule has 124 valence electrons. The topological polar surface area (TPSA) is 58.1 Å². The van der Waals surface area contributed by atoms with E-state index in [0.717, 1.165) is 30.1 Å². The van der Waals surface area contributed by atoms with Crippen molar-refractivity contribution in [1.82, 2.24) is 15.5 Å². The molecule has 0 saturated heterocycles. The monoisotopic (exact) mass is 314 g/mol. The van der Waals surface area contributed by atoms with Gasteiger partial charge in [0.1, 0.15) is 0 Å². The van der Waals surface area contributed by atoms with Gasteiger partial charge < -0.3 is 10.2 Å². The molecule has 1 N–H and O–H groups in total. The number of amides is 1. The van der Waals surface area contributed by atoms with Gasteiger partial charge in [0.15, 0.2) is 11.5 Å². The molecule has 5 heteroatoms. The minimum absolute atomic E-state index is 0.0847. The molecule has 5 nitrogen and oxygen atoms in total. The lowest BCUT2D eigenvalue weighted by atomic mass is 9.49. The van der Waals surface area contributed by atoms with Crippen LogP contribution < -0.4 is 10.2 Å². The van der Waals surface area contributed by atoms with Gasteiger partial charge >= 0.3 is 0 Å². The van der Waals surface area contributed by atoms with Crippen molar-refractivity contribution in [2.24, 2.45) is 23.2 Å². The minimum Gasteiger partial charge on any atom is -0.361 e. The third-order valence-electron chi connectivity index (χ3n) is 6.13. The Bertz CT molecular complexity index is 560. The van der Waals surface area contributed by atoms with E-state index >= 15 is 0 Å². The fraction of sp³-hybridized carbons (Fsp3) is 0.722. The summed E-state index contributed by atoms with van der Waals surface area (Å²) in [6, 6.07) is 3.60. The first kappa shape index (κ1) is 14.9. The Balaban J connectivity index is 1.40. The highest BCUT2D eigenvalue weighted by Crippen LogP contribution is 2.59. The van der Waals surface area contributed by atoms with E-state index < -0.39 is 0 Å². The molecule has 1 aromatic heterocycles. The SMILES string of the molecule is CN(C)c1ccc(C(=O)NCC23CC4CC(CC(C4)C2)C3)nn1. The summed E-state index contributed by atoms with van der Waals surface area (Å²) in [5, 5.41) is 11.3. The fourth-order valence-corrected chi connectivity index (χ4v) is 5.55. The van der Waals surface area contributed by atoms with E-state index in [1.54, 1.807) is 6.07 Å². The van der Waals surface area contributed by atoms with Gasteiger partial charge in [0.25, 0.3) is 5.91 Å². The number of rotatable bonds is 4. The van der Waals surface area contributed by atoms with Crippen LogP contribution in [0.5, 0.6) is 0 Å². The highest BCUT2D eigenvalue weighted by atomic mass is 16.1. The van der Waals surface area contributed by atoms with E-state index in [1.165, 1.54) is 38.5 Å². The van der Waals surface area contributed by atoms with Crippen molar-refractivity contribution in [3.63, 3.8) is 0 Å². The molecule has 4 bridgehead atoms. The lowest BCUT2D eigenvalue weighted by Crippen LogP contribution is -2.51. The number of hydrogen-bond acceptors (Lipinski definition) is 4. The van der Waals surface area contributed by atoms with E-state index in [-0.39, 0.29) is 5.91 Å². The Morgan fingerprint density at radius 3 is 2.22 bits per heavy atom. The molecule has 23 heavy (non-hydrogen) atoms. The number of carbonyl (C=O) groups excluding carboxylic acids is 1. The zero-order chi connectivity index (χ0) is 16.0. The molecule has 1 heterocycles. The van der Waals surface area contributed by atoms with Gasteiger partial charge in [-0.05, 0) is 73.8 Å². The first-order valence-electron chi connectivity index (χ1n) is 8.82. The molecule has 4 aliphatic carbocycles. The van der Waals surface area contributed by atoms with Gasteiger partial charge in [0.05, 0.1) is 0 Å². The van der Waals surface area contributed by atoms with Crippen LogP contribution in [0.3, 0.4) is 0 Å². The lowest BCUT2D eigenvalue weighted by Gasteiger charge is -2.56. The predicted molar refractivity (Wildman–Crippen MR) is 89.3 cm³/mol. The molecular weight excluding hydrogens is 288 g/mol. The molecule has 5 rings (SSSR count). The summed E-state index contributed by atoms with van der Waals surface area (Å²) < 4.78 is 0. The minimum atomic E-state index is -0.0847. The molecule has 4 fully saturated rings. The third kappa shape index (κ3) is 2.81. The van der Waals surface area contributed by atoms with Crippen LogP contribution in [0.1, 0.15) is 49.0 Å². The summed E-state index contributed by atoms with van der Waals surface area (Å²) in [4.78, 5) is 14.3. The van der Waals surface area contributed by atoms with E-state index in [9.17, 15) is 4.79 Å². The zero-order valence-electron chi connectivity index (χ0n) is 14.1. The fourth-order valence-electron chi connectivity index (χ4n) is 5.55. The van der Waals surface area contributed by atoms with Gasteiger partial charge in [0.2, 0.25) is 0 Å². The summed E-state index contributed by atoms with van der Waals surface area (Å²) in [7, 11) is 3.83. The highest BCUT2D eigenvalue weighted by molar-refractivity contribution is 5.92. The maximum absolute atomic E-state index is 12.4. The Morgan fingerprint density at radius 2 is 1.74 bits per heavy atom. The molecular formula is C18H26N4O. The van der Waals surface area contributed by atoms with Crippen LogP contribution >= 0.6 is 0 Å². The lowest BCUT2D eigenvalue weighted by molar-refractivity contribution is -0.0503. The average molecular weight is 314 g/mol. The van der Waals surface area contributed by atoms with E-state index in [1.807, 2.05) is 25.1 Å². The maximum Gasteiger partial charge on any atom is 0.271 e. The molecule has 1 amide bonds. The van der Waals surface area contributed by atoms with Gasteiger partial charge in [0, 0.05) is 20.6 Å². The van der Waals surface area contributed by atoms with Crippen molar-refractivity contribution in [3.8, 4) is 0 Å². The number of carbonyl (C=O) groups is 1. The van der Waals surface area contributed by atoms with Gasteiger partial charge in [-0.2, -0.15) is 0 Å². The van der Waals surface area contributed by atoms with E-state index in [4.69, 9.17) is 0 Å². The quantitative estimate of drug-likeness (QED) is 0.927. The molecule has 0 radical (unpaired) electrons. The molecule has 0 unspecified atom stereocenters. The zero-order valence-corrected chi connectivity index (χ0v) is 14.1. The first-order chi connectivity index (χ1) is 11.0. The molecule has 0 atom stereocenters. The predicted octanol–water partition coefficient (Wildman–Crippen LogP) is 2.49. The van der Waals surface area contributed by atoms with Crippen molar-refractivity contribution >= 4 is 11.7 Å². The van der Waals surface area contributed by atoms with Crippen molar-refractivity contribution in [3.05, 3.63) is 17.8 Å². The summed E-state index contributed by atoms with van der Waals surface area (Å²) in [5.74, 6) is 3.42. The number of nitrogens with one attached hydrogen (secondary N) is 1. The van der Waals surface area contributed by atoms with Gasteiger partial charge in [-0.15, -0.1) is 10.2 Å². The number of nitrogens with zero attached hydrogens (tertiary/aromatic N) is 3. The van der Waals surface area contributed by atoms with Crippen molar-refractivity contribution in [2.75, 3.05) is 25.5 Å². The van der Waals surface area contributed by atoms with Crippen LogP contribution in [0.4, 0.5) is 5.82 Å². The van der Waals surface area contributed by atoms with Crippen LogP contribution in [0.15, 0.2) is 12.1 Å². The van der Waals surface area contributed by atoms with Gasteiger partial charge in [-0.1, -0.05) is 0 Å². The van der Waals surface area contributed by atoms with E-state index in [0.29, 0.717) is 11.1 Å². The molecule has 0 aromatic carbocycles. The smallest absolute Gasteiger partial charge is 0.271 e. The Hall–Kier alpha value is -1.65. The number of aromatic nitrogens is 2. The standard InChI is InChI=1S/C18H26N4O/c1-22(2)16-4-3-15(20-21-16)17(23)19-11-18-8-12-5-13(9-18)7-14(6-12)10-18/h3-4,12-14H,5-11H2,1-2H3,(H,19,23). The van der Waals surface area contributed by atoms with E-state index in [2.05, 4.69) is 15.5 Å². The van der Waals surface area contributed by atoms with Gasteiger partial charge in [-0.25, -0.2) is 0 Å². The Morgan fingerprint density at radius 1 is 1.13 bits per heavy atom. The van der Waals surface area contributed by atoms with Crippen LogP contribution in [0.25, 0.3) is 0 Å². The molecule has 0 spiro atoms. The Labute approximate surface area is 137 Å². The number of anilines is 1. The third-order valence-corrected chi connectivity index (χ3v) is 6.13. The van der Waals surface area contributed by atoms with Gasteiger partial charge in [-0.3, -0.25) is 4.79 Å². The largest absolute Gasteiger partial charge is 0.361 e. The normalized spacial score (nSPS) is 34.4. The first-order valence-corrected chi connectivity index (χ1v) is 8.82. The molecule has 4 saturated carbocycles. The number of hydrogen-bond donors (Lipinski definition) is 1. The average Bonchev–Trinajstić information content (AvgIpc) is 2.51. The van der Waals surface area contributed by atoms with Crippen molar-refractivity contribution in [2.45, 2.75) is 38.5 Å². The highest BCUT2D eigenvalue weighted by Gasteiger charge is 2.50. The maximum atomic E-state index is 12.4. The van der Waals surface area contributed by atoms with Crippen LogP contribution in [-0.4, -0.2) is 36.7 Å². The second-order valence-corrected chi connectivity index (χ2v) is 8.27. The summed E-state index contributed by atoms with van der Waals surface area (Å²) in [6.45, 7) is 0.812. The molecule has 0 aliphatic heterocycles. The summed E-state index contributed by atoms with van der Waals surface area (Å²) in [5.41, 5.74) is 0.779. The van der Waals surface area contributed by atoms with Crippen molar-refractivity contribution < 1.29 is 4.79 Å². The van der Waals surface area contributed by atoms with Crippen LogP contribution in [-0.2, 0) is 0 Å². The Kier molecular flexibility index (Phi) is 3.54. The second-order valence-electron chi connectivity index (χ2n) is 8.27. The molecule has 4 aliphatic rings. The van der Waals surface area contributed by atoms with Crippen molar-refractivity contribution in [1.29, 1.82) is 0 Å².